The van der Waals surface area contributed by atoms with E-state index in [1.165, 1.54) is 0 Å². The molecule has 2 nitrogen and oxygen atoms in total. The third-order valence-corrected chi connectivity index (χ3v) is 2.10. The largest absolute Gasteiger partial charge is 0.394 e. The SMILES string of the molecule is CCC(C)C(CC)OCCO. The molecule has 1 N–H and O–H groups in total. The highest BCUT2D eigenvalue weighted by Crippen LogP contribution is 2.13. The molecule has 0 amide bonds. The lowest BCUT2D eigenvalue weighted by Gasteiger charge is -2.21. The van der Waals surface area contributed by atoms with E-state index in [4.69, 9.17) is 9.84 Å². The summed E-state index contributed by atoms with van der Waals surface area (Å²) in [6, 6.07) is 0. The molecule has 0 aromatic carbocycles. The van der Waals surface area contributed by atoms with Gasteiger partial charge in [-0.2, -0.15) is 0 Å². The first kappa shape index (κ1) is 10.9. The third-order valence-electron chi connectivity index (χ3n) is 2.10. The number of ether oxygens (including phenoxy) is 1. The highest BCUT2D eigenvalue weighted by Gasteiger charge is 2.12. The van der Waals surface area contributed by atoms with Crippen molar-refractivity contribution in [1.29, 1.82) is 0 Å². The summed E-state index contributed by atoms with van der Waals surface area (Å²) in [5.41, 5.74) is 0. The van der Waals surface area contributed by atoms with Crippen molar-refractivity contribution in [1.82, 2.24) is 0 Å². The summed E-state index contributed by atoms with van der Waals surface area (Å²) in [6.07, 6.45) is 2.51. The van der Waals surface area contributed by atoms with Gasteiger partial charge >= 0.3 is 0 Å². The van der Waals surface area contributed by atoms with Crippen LogP contribution in [-0.4, -0.2) is 24.4 Å². The van der Waals surface area contributed by atoms with E-state index in [2.05, 4.69) is 20.8 Å². The Balaban J connectivity index is 3.56. The first-order valence-corrected chi connectivity index (χ1v) is 4.48. The maximum atomic E-state index is 8.54. The maximum Gasteiger partial charge on any atom is 0.0701 e. The quantitative estimate of drug-likeness (QED) is 0.642. The van der Waals surface area contributed by atoms with Crippen LogP contribution in [0.3, 0.4) is 0 Å². The molecular formula is C9H20O2. The highest BCUT2D eigenvalue weighted by molar-refractivity contribution is 4.62. The van der Waals surface area contributed by atoms with Gasteiger partial charge in [0.2, 0.25) is 0 Å². The summed E-state index contributed by atoms with van der Waals surface area (Å²) in [7, 11) is 0. The van der Waals surface area contributed by atoms with Gasteiger partial charge in [0, 0.05) is 0 Å². The Labute approximate surface area is 69.6 Å². The lowest BCUT2D eigenvalue weighted by Crippen LogP contribution is -2.22. The van der Waals surface area contributed by atoms with Crippen LogP contribution in [0.25, 0.3) is 0 Å². The molecule has 68 valence electrons. The predicted octanol–water partition coefficient (Wildman–Crippen LogP) is 1.82. The Kier molecular flexibility index (Phi) is 6.57. The number of hydrogen-bond donors (Lipinski definition) is 1. The van der Waals surface area contributed by atoms with Crippen molar-refractivity contribution in [2.75, 3.05) is 13.2 Å². The van der Waals surface area contributed by atoms with Crippen LogP contribution >= 0.6 is 0 Å². The molecule has 0 aliphatic rings. The molecule has 0 heterocycles. The van der Waals surface area contributed by atoms with Gasteiger partial charge in [-0.25, -0.2) is 0 Å². The zero-order valence-corrected chi connectivity index (χ0v) is 7.84. The first-order valence-electron chi connectivity index (χ1n) is 4.48. The molecule has 0 fully saturated rings. The number of aliphatic hydroxyl groups excluding tert-OH is 1. The molecule has 0 rings (SSSR count). The fourth-order valence-electron chi connectivity index (χ4n) is 1.15. The van der Waals surface area contributed by atoms with Crippen LogP contribution in [0.1, 0.15) is 33.6 Å². The van der Waals surface area contributed by atoms with Gasteiger partial charge in [-0.1, -0.05) is 27.2 Å². The van der Waals surface area contributed by atoms with E-state index >= 15 is 0 Å². The van der Waals surface area contributed by atoms with Gasteiger partial charge < -0.3 is 9.84 Å². The number of hydrogen-bond acceptors (Lipinski definition) is 2. The molecule has 0 aromatic heterocycles. The van der Waals surface area contributed by atoms with Crippen LogP contribution in [0, 0.1) is 5.92 Å². The minimum Gasteiger partial charge on any atom is -0.394 e. The zero-order chi connectivity index (χ0) is 8.69. The third kappa shape index (κ3) is 4.38. The summed E-state index contributed by atoms with van der Waals surface area (Å²) in [5, 5.41) is 8.54. The van der Waals surface area contributed by atoms with Gasteiger partial charge in [-0.05, 0) is 12.3 Å². The Hall–Kier alpha value is -0.0800. The molecule has 0 aromatic rings. The summed E-state index contributed by atoms with van der Waals surface area (Å²) >= 11 is 0. The van der Waals surface area contributed by atoms with Gasteiger partial charge in [-0.15, -0.1) is 0 Å². The van der Waals surface area contributed by atoms with Crippen molar-refractivity contribution >= 4 is 0 Å². The lowest BCUT2D eigenvalue weighted by atomic mass is 10.00. The Morgan fingerprint density at radius 1 is 1.27 bits per heavy atom. The second kappa shape index (κ2) is 6.62. The Bertz CT molecular complexity index is 83.6. The van der Waals surface area contributed by atoms with Crippen LogP contribution in [0.4, 0.5) is 0 Å². The number of rotatable bonds is 6. The Morgan fingerprint density at radius 2 is 1.91 bits per heavy atom. The van der Waals surface area contributed by atoms with E-state index in [-0.39, 0.29) is 6.61 Å². The van der Waals surface area contributed by atoms with Crippen molar-refractivity contribution in [3.63, 3.8) is 0 Å². The van der Waals surface area contributed by atoms with Gasteiger partial charge in [-0.3, -0.25) is 0 Å². The standard InChI is InChI=1S/C9H20O2/c1-4-8(3)9(5-2)11-7-6-10/h8-10H,4-7H2,1-3H3. The second-order valence-electron chi connectivity index (χ2n) is 2.93. The fourth-order valence-corrected chi connectivity index (χ4v) is 1.15. The molecule has 2 heteroatoms. The molecule has 11 heavy (non-hydrogen) atoms. The normalized spacial score (nSPS) is 16.4. The molecule has 0 radical (unpaired) electrons. The van der Waals surface area contributed by atoms with E-state index in [0.717, 1.165) is 12.8 Å². The van der Waals surface area contributed by atoms with E-state index < -0.39 is 0 Å². The molecule has 0 saturated heterocycles. The molecule has 2 unspecified atom stereocenters. The van der Waals surface area contributed by atoms with Gasteiger partial charge in [0.05, 0.1) is 19.3 Å². The molecule has 0 saturated carbocycles. The van der Waals surface area contributed by atoms with E-state index in [9.17, 15) is 0 Å². The average Bonchev–Trinajstić information content (AvgIpc) is 2.05. The van der Waals surface area contributed by atoms with Crippen molar-refractivity contribution in [3.05, 3.63) is 0 Å². The highest BCUT2D eigenvalue weighted by atomic mass is 16.5. The van der Waals surface area contributed by atoms with Crippen LogP contribution in [0.15, 0.2) is 0 Å². The topological polar surface area (TPSA) is 29.5 Å². The molecule has 0 bridgehead atoms. The molecule has 0 aliphatic heterocycles. The predicted molar refractivity (Wildman–Crippen MR) is 46.6 cm³/mol. The van der Waals surface area contributed by atoms with Gasteiger partial charge in [0.15, 0.2) is 0 Å². The molecule has 0 spiro atoms. The van der Waals surface area contributed by atoms with Crippen LogP contribution < -0.4 is 0 Å². The monoisotopic (exact) mass is 160 g/mol. The summed E-state index contributed by atoms with van der Waals surface area (Å²) in [4.78, 5) is 0. The fraction of sp³-hybridized carbons (Fsp3) is 1.00. The Morgan fingerprint density at radius 3 is 2.27 bits per heavy atom. The second-order valence-corrected chi connectivity index (χ2v) is 2.93. The molecular weight excluding hydrogens is 140 g/mol. The van der Waals surface area contributed by atoms with Gasteiger partial charge in [0.25, 0.3) is 0 Å². The van der Waals surface area contributed by atoms with Crippen molar-refractivity contribution in [3.8, 4) is 0 Å². The average molecular weight is 160 g/mol. The first-order chi connectivity index (χ1) is 5.26. The van der Waals surface area contributed by atoms with Crippen LogP contribution in [0.2, 0.25) is 0 Å². The summed E-state index contributed by atoms with van der Waals surface area (Å²) in [6.45, 7) is 7.07. The van der Waals surface area contributed by atoms with Crippen molar-refractivity contribution in [2.45, 2.75) is 39.7 Å². The van der Waals surface area contributed by atoms with Crippen LogP contribution in [-0.2, 0) is 4.74 Å². The van der Waals surface area contributed by atoms with Gasteiger partial charge in [0.1, 0.15) is 0 Å². The van der Waals surface area contributed by atoms with E-state index in [1.807, 2.05) is 0 Å². The lowest BCUT2D eigenvalue weighted by molar-refractivity contribution is -0.00385. The van der Waals surface area contributed by atoms with Crippen molar-refractivity contribution < 1.29 is 9.84 Å². The minimum absolute atomic E-state index is 0.132. The van der Waals surface area contributed by atoms with E-state index in [0.29, 0.717) is 18.6 Å². The van der Waals surface area contributed by atoms with Crippen molar-refractivity contribution in [2.24, 2.45) is 5.92 Å². The molecule has 0 aliphatic carbocycles. The summed E-state index contributed by atoms with van der Waals surface area (Å²) in [5.74, 6) is 0.603. The minimum atomic E-state index is 0.132. The van der Waals surface area contributed by atoms with E-state index in [1.54, 1.807) is 0 Å². The van der Waals surface area contributed by atoms with Crippen LogP contribution in [0.5, 0.6) is 0 Å². The smallest absolute Gasteiger partial charge is 0.0701 e. The number of aliphatic hydroxyl groups is 1. The summed E-state index contributed by atoms with van der Waals surface area (Å²) < 4.78 is 5.44. The zero-order valence-electron chi connectivity index (χ0n) is 7.84. The molecule has 2 atom stereocenters. The maximum absolute atomic E-state index is 8.54.